The first-order valence-electron chi connectivity index (χ1n) is 9.06. The van der Waals surface area contributed by atoms with Crippen LogP contribution in [0.25, 0.3) is 10.9 Å². The summed E-state index contributed by atoms with van der Waals surface area (Å²) < 4.78 is 43.3. The molecule has 1 atom stereocenters. The van der Waals surface area contributed by atoms with Crippen molar-refractivity contribution in [1.29, 1.82) is 0 Å². The van der Waals surface area contributed by atoms with E-state index < -0.39 is 18.1 Å². The van der Waals surface area contributed by atoms with Crippen LogP contribution in [0, 0.1) is 0 Å². The van der Waals surface area contributed by atoms with Crippen molar-refractivity contribution in [3.63, 3.8) is 0 Å². The molecule has 1 aromatic carbocycles. The van der Waals surface area contributed by atoms with E-state index in [-0.39, 0.29) is 24.6 Å². The van der Waals surface area contributed by atoms with Crippen molar-refractivity contribution in [3.05, 3.63) is 52.0 Å². The number of hydrogen-bond donors (Lipinski definition) is 2. The molecule has 11 heteroatoms. The number of hydrogen-bond acceptors (Lipinski definition) is 4. The summed E-state index contributed by atoms with van der Waals surface area (Å²) >= 11 is 6.15. The van der Waals surface area contributed by atoms with E-state index in [1.165, 1.54) is 4.90 Å². The van der Waals surface area contributed by atoms with Crippen LogP contribution in [0.1, 0.15) is 39.2 Å². The standard InChI is InChI=1S/C19H16ClF3N4O3/c1-9(19(21,22)23)24-17(28)16-11-8-27(6-5-15(11)30-26-16)18(29)14-7-10-12(20)3-2-4-13(10)25-14/h2-4,7,9,25H,5-6,8H2,1H3,(H,24,28)/t9-/m1/s1. The Kier molecular flexibility index (Phi) is 4.97. The number of H-pyrrole nitrogens is 1. The van der Waals surface area contributed by atoms with E-state index >= 15 is 0 Å². The SMILES string of the molecule is C[C@@H](NC(=O)c1noc2c1CN(C(=O)c1cc3c(Cl)cccc3[nH]1)CC2)C(F)(F)F. The highest BCUT2D eigenvalue weighted by Gasteiger charge is 2.38. The maximum Gasteiger partial charge on any atom is 0.408 e. The van der Waals surface area contributed by atoms with E-state index in [0.29, 0.717) is 39.5 Å². The van der Waals surface area contributed by atoms with Crippen molar-refractivity contribution in [2.75, 3.05) is 6.54 Å². The topological polar surface area (TPSA) is 91.2 Å². The third kappa shape index (κ3) is 3.62. The first kappa shape index (κ1) is 20.3. The fraction of sp³-hybridized carbons (Fsp3) is 0.316. The monoisotopic (exact) mass is 440 g/mol. The van der Waals surface area contributed by atoms with Crippen LogP contribution in [0.4, 0.5) is 13.2 Å². The predicted octanol–water partition coefficient (Wildman–Crippen LogP) is 3.69. The number of carbonyl (C=O) groups is 2. The third-order valence-corrected chi connectivity index (χ3v) is 5.34. The van der Waals surface area contributed by atoms with E-state index in [1.807, 2.05) is 5.32 Å². The molecule has 2 N–H and O–H groups in total. The summed E-state index contributed by atoms with van der Waals surface area (Å²) in [6, 6.07) is 4.85. The molecule has 2 aromatic heterocycles. The molecule has 0 fully saturated rings. The molecule has 2 amide bonds. The lowest BCUT2D eigenvalue weighted by Crippen LogP contribution is -2.44. The van der Waals surface area contributed by atoms with Crippen LogP contribution in [0.3, 0.4) is 0 Å². The summed E-state index contributed by atoms with van der Waals surface area (Å²) in [5, 5.41) is 6.69. The van der Waals surface area contributed by atoms with Crippen LogP contribution in [0.2, 0.25) is 5.02 Å². The fourth-order valence-corrected chi connectivity index (χ4v) is 3.54. The molecule has 3 aromatic rings. The van der Waals surface area contributed by atoms with Gasteiger partial charge in [-0.25, -0.2) is 0 Å². The van der Waals surface area contributed by atoms with Gasteiger partial charge in [0.25, 0.3) is 11.8 Å². The van der Waals surface area contributed by atoms with Crippen molar-refractivity contribution >= 4 is 34.3 Å². The first-order valence-corrected chi connectivity index (χ1v) is 9.44. The second kappa shape index (κ2) is 7.35. The predicted molar refractivity (Wildman–Crippen MR) is 101 cm³/mol. The number of carbonyl (C=O) groups excluding carboxylic acids is 2. The Bertz CT molecular complexity index is 1140. The molecule has 4 rings (SSSR count). The lowest BCUT2D eigenvalue weighted by atomic mass is 10.0. The summed E-state index contributed by atoms with van der Waals surface area (Å²) in [4.78, 5) is 29.7. The second-order valence-electron chi connectivity index (χ2n) is 7.03. The molecule has 0 bridgehead atoms. The van der Waals surface area contributed by atoms with Crippen LogP contribution in [-0.4, -0.2) is 45.6 Å². The Morgan fingerprint density at radius 2 is 2.13 bits per heavy atom. The van der Waals surface area contributed by atoms with Crippen LogP contribution in [0.15, 0.2) is 28.8 Å². The summed E-state index contributed by atoms with van der Waals surface area (Å²) in [5.41, 5.74) is 1.07. The number of amides is 2. The average Bonchev–Trinajstić information content (AvgIpc) is 3.31. The summed E-state index contributed by atoms with van der Waals surface area (Å²) in [5.74, 6) is -0.954. The highest BCUT2D eigenvalue weighted by molar-refractivity contribution is 6.35. The number of aromatic nitrogens is 2. The van der Waals surface area contributed by atoms with Gasteiger partial charge in [0, 0.05) is 34.5 Å². The number of nitrogens with one attached hydrogen (secondary N) is 2. The molecule has 158 valence electrons. The van der Waals surface area contributed by atoms with Gasteiger partial charge in [-0.05, 0) is 25.1 Å². The lowest BCUT2D eigenvalue weighted by Gasteiger charge is -2.26. The van der Waals surface area contributed by atoms with Gasteiger partial charge in [-0.15, -0.1) is 0 Å². The van der Waals surface area contributed by atoms with Crippen LogP contribution in [-0.2, 0) is 13.0 Å². The highest BCUT2D eigenvalue weighted by atomic mass is 35.5. The van der Waals surface area contributed by atoms with Gasteiger partial charge in [-0.2, -0.15) is 13.2 Å². The van der Waals surface area contributed by atoms with E-state index in [0.717, 1.165) is 6.92 Å². The van der Waals surface area contributed by atoms with Gasteiger partial charge in [-0.1, -0.05) is 22.8 Å². The second-order valence-corrected chi connectivity index (χ2v) is 7.44. The minimum atomic E-state index is -4.58. The molecule has 0 saturated carbocycles. The van der Waals surface area contributed by atoms with Gasteiger partial charge in [0.15, 0.2) is 5.69 Å². The molecule has 0 aliphatic carbocycles. The molecule has 0 unspecified atom stereocenters. The summed E-state index contributed by atoms with van der Waals surface area (Å²) in [6.07, 6.45) is -4.30. The molecule has 0 radical (unpaired) electrons. The number of aromatic amines is 1. The van der Waals surface area contributed by atoms with E-state index in [4.69, 9.17) is 16.1 Å². The van der Waals surface area contributed by atoms with Gasteiger partial charge in [0.05, 0.1) is 6.54 Å². The van der Waals surface area contributed by atoms with Crippen molar-refractivity contribution < 1.29 is 27.3 Å². The normalized spacial score (nSPS) is 15.2. The Labute approximate surface area is 173 Å². The molecule has 1 aliphatic rings. The van der Waals surface area contributed by atoms with E-state index in [1.54, 1.807) is 24.3 Å². The molecular formula is C19H16ClF3N4O3. The molecular weight excluding hydrogens is 425 g/mol. The number of fused-ring (bicyclic) bond motifs is 2. The van der Waals surface area contributed by atoms with Crippen molar-refractivity contribution in [3.8, 4) is 0 Å². The van der Waals surface area contributed by atoms with Gasteiger partial charge in [0.1, 0.15) is 17.5 Å². The molecule has 0 spiro atoms. The van der Waals surface area contributed by atoms with Gasteiger partial charge < -0.3 is 19.7 Å². The van der Waals surface area contributed by atoms with Crippen LogP contribution >= 0.6 is 11.6 Å². The Morgan fingerprint density at radius 1 is 1.37 bits per heavy atom. The van der Waals surface area contributed by atoms with Gasteiger partial charge in [0.2, 0.25) is 0 Å². The molecule has 0 saturated heterocycles. The molecule has 30 heavy (non-hydrogen) atoms. The largest absolute Gasteiger partial charge is 0.408 e. The number of rotatable bonds is 3. The number of nitrogens with zero attached hydrogens (tertiary/aromatic N) is 2. The zero-order valence-electron chi connectivity index (χ0n) is 15.6. The third-order valence-electron chi connectivity index (χ3n) is 5.01. The minimum Gasteiger partial charge on any atom is -0.360 e. The maximum atomic E-state index is 13.0. The molecule has 7 nitrogen and oxygen atoms in total. The molecule has 1 aliphatic heterocycles. The quantitative estimate of drug-likeness (QED) is 0.650. The van der Waals surface area contributed by atoms with E-state index in [9.17, 15) is 22.8 Å². The maximum absolute atomic E-state index is 13.0. The number of benzene rings is 1. The number of alkyl halides is 3. The minimum absolute atomic E-state index is 0.0100. The Balaban J connectivity index is 1.55. The van der Waals surface area contributed by atoms with Gasteiger partial charge in [-0.3, -0.25) is 9.59 Å². The lowest BCUT2D eigenvalue weighted by molar-refractivity contribution is -0.149. The fourth-order valence-electron chi connectivity index (χ4n) is 3.31. The van der Waals surface area contributed by atoms with Gasteiger partial charge >= 0.3 is 6.18 Å². The van der Waals surface area contributed by atoms with Crippen LogP contribution in [0.5, 0.6) is 0 Å². The van der Waals surface area contributed by atoms with Crippen LogP contribution < -0.4 is 5.32 Å². The molecule has 3 heterocycles. The summed E-state index contributed by atoms with van der Waals surface area (Å²) in [6.45, 7) is 1.13. The highest BCUT2D eigenvalue weighted by Crippen LogP contribution is 2.28. The zero-order chi connectivity index (χ0) is 21.6. The van der Waals surface area contributed by atoms with Crippen molar-refractivity contribution in [1.82, 2.24) is 20.4 Å². The average molecular weight is 441 g/mol. The Hall–Kier alpha value is -3.01. The van der Waals surface area contributed by atoms with Crippen molar-refractivity contribution in [2.45, 2.75) is 32.1 Å². The smallest absolute Gasteiger partial charge is 0.360 e. The first-order chi connectivity index (χ1) is 14.1. The Morgan fingerprint density at radius 3 is 2.83 bits per heavy atom. The number of halogens is 4. The zero-order valence-corrected chi connectivity index (χ0v) is 16.4. The van der Waals surface area contributed by atoms with E-state index in [2.05, 4.69) is 10.1 Å². The van der Waals surface area contributed by atoms with Crippen molar-refractivity contribution in [2.24, 2.45) is 0 Å². The summed E-state index contributed by atoms with van der Waals surface area (Å²) in [7, 11) is 0.